The van der Waals surface area contributed by atoms with E-state index in [0.717, 1.165) is 35.9 Å². The zero-order chi connectivity index (χ0) is 18.0. The van der Waals surface area contributed by atoms with Crippen LogP contribution in [0.2, 0.25) is 0 Å². The Balaban J connectivity index is 1.70. The molecule has 1 aromatic heterocycles. The van der Waals surface area contributed by atoms with Crippen molar-refractivity contribution >= 4 is 11.6 Å². The number of amides is 1. The number of carbonyl (C=O) groups is 1. The molecule has 1 aliphatic rings. The Kier molecular flexibility index (Phi) is 5.23. The van der Waals surface area contributed by atoms with Gasteiger partial charge in [0.25, 0.3) is 5.91 Å². The van der Waals surface area contributed by atoms with E-state index < -0.39 is 0 Å². The average Bonchev–Trinajstić information content (AvgIpc) is 2.83. The summed E-state index contributed by atoms with van der Waals surface area (Å²) in [5, 5.41) is 7.70. The number of nitrogens with one attached hydrogen (secondary N) is 2. The molecule has 0 unspecified atom stereocenters. The second-order valence-electron chi connectivity index (χ2n) is 7.62. The molecule has 2 heterocycles. The number of hydrogen-bond acceptors (Lipinski definition) is 2. The van der Waals surface area contributed by atoms with E-state index in [2.05, 4.69) is 24.3 Å². The molecule has 0 spiro atoms. The summed E-state index contributed by atoms with van der Waals surface area (Å²) in [6, 6.07) is 10.0. The summed E-state index contributed by atoms with van der Waals surface area (Å²) < 4.78 is 1.89. The number of rotatable bonds is 4. The van der Waals surface area contributed by atoms with E-state index in [9.17, 15) is 4.79 Å². The summed E-state index contributed by atoms with van der Waals surface area (Å²) in [7, 11) is 0. The summed E-state index contributed by atoms with van der Waals surface area (Å²) in [5.41, 5.74) is 3.66. The van der Waals surface area contributed by atoms with Crippen LogP contribution in [0.25, 0.3) is 5.69 Å². The van der Waals surface area contributed by atoms with Crippen molar-refractivity contribution in [1.29, 1.82) is 0 Å². The second kappa shape index (κ2) is 7.40. The maximum absolute atomic E-state index is 12.6. The fourth-order valence-corrected chi connectivity index (χ4v) is 4.12. The van der Waals surface area contributed by atoms with E-state index in [1.165, 1.54) is 11.3 Å². The van der Waals surface area contributed by atoms with Gasteiger partial charge in [-0.05, 0) is 32.4 Å². The first kappa shape index (κ1) is 17.7. The number of aryl methyl sites for hydroxylation is 1. The molecule has 25 heavy (non-hydrogen) atoms. The molecule has 5 nitrogen and oxygen atoms in total. The highest BCUT2D eigenvalue weighted by Gasteiger charge is 2.27. The van der Waals surface area contributed by atoms with Crippen LogP contribution in [0.5, 0.6) is 0 Å². The van der Waals surface area contributed by atoms with E-state index in [1.54, 1.807) is 0 Å². The normalized spacial score (nSPS) is 23.4. The van der Waals surface area contributed by atoms with E-state index in [0.29, 0.717) is 18.4 Å². The molecule has 1 saturated heterocycles. The molecule has 1 fully saturated rings. The molecule has 2 atom stereocenters. The van der Waals surface area contributed by atoms with Gasteiger partial charge < -0.3 is 10.2 Å². The van der Waals surface area contributed by atoms with Crippen molar-refractivity contribution in [1.82, 2.24) is 9.78 Å². The number of quaternary nitrogens is 1. The van der Waals surface area contributed by atoms with Crippen molar-refractivity contribution in [2.45, 2.75) is 34.1 Å². The Hall–Kier alpha value is -2.14. The van der Waals surface area contributed by atoms with Crippen LogP contribution in [0.3, 0.4) is 0 Å². The molecule has 2 aromatic rings. The maximum atomic E-state index is 12.6. The van der Waals surface area contributed by atoms with E-state index >= 15 is 0 Å². The number of para-hydroxylation sites is 1. The van der Waals surface area contributed by atoms with Gasteiger partial charge in [0.2, 0.25) is 0 Å². The molecular weight excluding hydrogens is 312 g/mol. The predicted octanol–water partition coefficient (Wildman–Crippen LogP) is 1.99. The number of piperidine rings is 1. The van der Waals surface area contributed by atoms with Crippen LogP contribution in [-0.4, -0.2) is 35.3 Å². The highest BCUT2D eigenvalue weighted by molar-refractivity contribution is 5.92. The maximum Gasteiger partial charge on any atom is 0.279 e. The van der Waals surface area contributed by atoms with Gasteiger partial charge in [-0.1, -0.05) is 32.0 Å². The van der Waals surface area contributed by atoms with Gasteiger partial charge in [-0.15, -0.1) is 0 Å². The fraction of sp³-hybridized carbons (Fsp3) is 0.500. The Morgan fingerprint density at radius 3 is 2.48 bits per heavy atom. The van der Waals surface area contributed by atoms with Gasteiger partial charge in [0, 0.05) is 11.8 Å². The Labute approximate surface area is 150 Å². The smallest absolute Gasteiger partial charge is 0.279 e. The molecular formula is C20H29N4O+. The molecule has 1 aliphatic heterocycles. The number of carbonyl (C=O) groups excluding carboxylic acids is 1. The minimum Gasteiger partial charge on any atom is -0.327 e. The third-order valence-corrected chi connectivity index (χ3v) is 5.05. The van der Waals surface area contributed by atoms with Crippen molar-refractivity contribution in [2.24, 2.45) is 11.8 Å². The molecule has 134 valence electrons. The zero-order valence-electron chi connectivity index (χ0n) is 15.7. The first-order chi connectivity index (χ1) is 11.9. The minimum absolute atomic E-state index is 0.0788. The Morgan fingerprint density at radius 2 is 1.84 bits per heavy atom. The van der Waals surface area contributed by atoms with Gasteiger partial charge in [-0.3, -0.25) is 4.79 Å². The first-order valence-electron chi connectivity index (χ1n) is 9.19. The van der Waals surface area contributed by atoms with E-state index in [4.69, 9.17) is 0 Å². The van der Waals surface area contributed by atoms with Crippen molar-refractivity contribution in [3.05, 3.63) is 41.7 Å². The van der Waals surface area contributed by atoms with E-state index in [-0.39, 0.29) is 5.91 Å². The summed E-state index contributed by atoms with van der Waals surface area (Å²) in [6.45, 7) is 11.2. The first-order valence-corrected chi connectivity index (χ1v) is 9.19. The van der Waals surface area contributed by atoms with Crippen LogP contribution < -0.4 is 10.2 Å². The van der Waals surface area contributed by atoms with E-state index in [1.807, 2.05) is 48.9 Å². The number of nitrogens with zero attached hydrogens (tertiary/aromatic N) is 2. The third kappa shape index (κ3) is 4.10. The Morgan fingerprint density at radius 1 is 1.20 bits per heavy atom. The van der Waals surface area contributed by atoms with Crippen LogP contribution in [0.15, 0.2) is 30.3 Å². The summed E-state index contributed by atoms with van der Waals surface area (Å²) in [6.07, 6.45) is 1.27. The molecule has 5 heteroatoms. The molecule has 0 aliphatic carbocycles. The standard InChI is InChI=1S/C20H28N4O/c1-14-10-15(2)12-23(11-14)13-19(25)21-20-16(3)22-24(17(20)4)18-8-6-5-7-9-18/h5-9,14-15H,10-13H2,1-4H3,(H,21,25)/p+1/t14-,15-/m1/s1. The number of hydrogen-bond donors (Lipinski definition) is 2. The SMILES string of the molecule is Cc1nn(-c2ccccc2)c(C)c1NC(=O)C[NH+]1C[C@H](C)C[C@@H](C)C1. The predicted molar refractivity (Wildman–Crippen MR) is 100 cm³/mol. The van der Waals surface area contributed by atoms with Gasteiger partial charge in [0.15, 0.2) is 6.54 Å². The van der Waals surface area contributed by atoms with Gasteiger partial charge in [0.05, 0.1) is 35.9 Å². The number of benzene rings is 1. The van der Waals surface area contributed by atoms with Crippen molar-refractivity contribution in [3.63, 3.8) is 0 Å². The van der Waals surface area contributed by atoms with Gasteiger partial charge in [0.1, 0.15) is 0 Å². The Bertz CT molecular complexity index is 728. The van der Waals surface area contributed by atoms with Crippen LogP contribution >= 0.6 is 0 Å². The average molecular weight is 341 g/mol. The van der Waals surface area contributed by atoms with Gasteiger partial charge in [-0.25, -0.2) is 4.68 Å². The second-order valence-corrected chi connectivity index (χ2v) is 7.62. The molecule has 2 N–H and O–H groups in total. The van der Waals surface area contributed by atoms with Crippen LogP contribution in [0.4, 0.5) is 5.69 Å². The quantitative estimate of drug-likeness (QED) is 0.894. The molecule has 0 radical (unpaired) electrons. The highest BCUT2D eigenvalue weighted by atomic mass is 16.2. The molecule has 3 rings (SSSR count). The highest BCUT2D eigenvalue weighted by Crippen LogP contribution is 2.22. The summed E-state index contributed by atoms with van der Waals surface area (Å²) in [4.78, 5) is 14.0. The van der Waals surface area contributed by atoms with Gasteiger partial charge in [-0.2, -0.15) is 5.10 Å². The number of likely N-dealkylation sites (tertiary alicyclic amines) is 1. The summed E-state index contributed by atoms with van der Waals surface area (Å²) >= 11 is 0. The fourth-order valence-electron chi connectivity index (χ4n) is 4.12. The lowest BCUT2D eigenvalue weighted by Crippen LogP contribution is -3.15. The number of aromatic nitrogens is 2. The van der Waals surface area contributed by atoms with Gasteiger partial charge >= 0.3 is 0 Å². The van der Waals surface area contributed by atoms with Crippen LogP contribution in [0.1, 0.15) is 31.7 Å². The van der Waals surface area contributed by atoms with Crippen molar-refractivity contribution in [3.8, 4) is 5.69 Å². The zero-order valence-corrected chi connectivity index (χ0v) is 15.7. The lowest BCUT2D eigenvalue weighted by Gasteiger charge is -2.31. The van der Waals surface area contributed by atoms with Crippen molar-refractivity contribution in [2.75, 3.05) is 25.0 Å². The third-order valence-electron chi connectivity index (χ3n) is 5.05. The lowest BCUT2D eigenvalue weighted by atomic mass is 9.92. The molecule has 0 saturated carbocycles. The minimum atomic E-state index is 0.0788. The molecule has 1 amide bonds. The molecule has 1 aromatic carbocycles. The molecule has 0 bridgehead atoms. The lowest BCUT2D eigenvalue weighted by molar-refractivity contribution is -0.904. The summed E-state index contributed by atoms with van der Waals surface area (Å²) in [5.74, 6) is 1.46. The topological polar surface area (TPSA) is 51.4 Å². The largest absolute Gasteiger partial charge is 0.327 e. The number of anilines is 1. The van der Waals surface area contributed by atoms with Crippen molar-refractivity contribution < 1.29 is 9.69 Å². The van der Waals surface area contributed by atoms with Crippen LogP contribution in [-0.2, 0) is 4.79 Å². The van der Waals surface area contributed by atoms with Crippen LogP contribution in [0, 0.1) is 25.7 Å². The monoisotopic (exact) mass is 341 g/mol.